The van der Waals surface area contributed by atoms with E-state index in [1.54, 1.807) is 7.11 Å². The third-order valence-corrected chi connectivity index (χ3v) is 3.41. The Labute approximate surface area is 108 Å². The van der Waals surface area contributed by atoms with Crippen LogP contribution in [0.4, 0.5) is 5.69 Å². The summed E-state index contributed by atoms with van der Waals surface area (Å²) in [7, 11) is 3.48. The van der Waals surface area contributed by atoms with Gasteiger partial charge in [-0.1, -0.05) is 6.07 Å². The fourth-order valence-corrected chi connectivity index (χ4v) is 2.63. The third-order valence-electron chi connectivity index (χ3n) is 3.41. The minimum Gasteiger partial charge on any atom is -0.383 e. The van der Waals surface area contributed by atoms with Crippen LogP contribution in [0, 0.1) is 13.8 Å². The standard InChI is InChI=1S/C14H20N2O2/c1-9-7-10(2)12-11(8-9)16(5-6-18-4)14(17)13(12)15-3/h7-8,13,15H,5-6H2,1-4H3. The van der Waals surface area contributed by atoms with Crippen molar-refractivity contribution in [3.8, 4) is 0 Å². The fourth-order valence-electron chi connectivity index (χ4n) is 2.63. The van der Waals surface area contributed by atoms with Crippen molar-refractivity contribution < 1.29 is 9.53 Å². The van der Waals surface area contributed by atoms with Gasteiger partial charge in [0.05, 0.1) is 6.61 Å². The van der Waals surface area contributed by atoms with Gasteiger partial charge in [0.15, 0.2) is 0 Å². The number of rotatable bonds is 4. The van der Waals surface area contributed by atoms with Gasteiger partial charge in [-0.15, -0.1) is 0 Å². The molecule has 98 valence electrons. The lowest BCUT2D eigenvalue weighted by atomic mass is 10.00. The highest BCUT2D eigenvalue weighted by molar-refractivity contribution is 6.05. The number of hydrogen-bond acceptors (Lipinski definition) is 3. The first-order valence-corrected chi connectivity index (χ1v) is 6.19. The molecule has 1 heterocycles. The van der Waals surface area contributed by atoms with Crippen molar-refractivity contribution in [2.75, 3.05) is 32.2 Å². The van der Waals surface area contributed by atoms with E-state index in [0.29, 0.717) is 13.2 Å². The zero-order valence-corrected chi connectivity index (χ0v) is 11.4. The molecule has 0 aliphatic carbocycles. The summed E-state index contributed by atoms with van der Waals surface area (Å²) in [6, 6.07) is 3.97. The van der Waals surface area contributed by atoms with Crippen molar-refractivity contribution in [3.05, 3.63) is 28.8 Å². The van der Waals surface area contributed by atoms with Crippen molar-refractivity contribution in [2.24, 2.45) is 0 Å². The number of methoxy groups -OCH3 is 1. The Morgan fingerprint density at radius 3 is 2.72 bits per heavy atom. The number of carbonyl (C=O) groups excluding carboxylic acids is 1. The first-order chi connectivity index (χ1) is 8.60. The zero-order valence-electron chi connectivity index (χ0n) is 11.4. The van der Waals surface area contributed by atoms with Gasteiger partial charge >= 0.3 is 0 Å². The van der Waals surface area contributed by atoms with Crippen molar-refractivity contribution in [1.82, 2.24) is 5.32 Å². The monoisotopic (exact) mass is 248 g/mol. The number of hydrogen-bond donors (Lipinski definition) is 1. The molecular weight excluding hydrogens is 228 g/mol. The predicted molar refractivity (Wildman–Crippen MR) is 71.9 cm³/mol. The van der Waals surface area contributed by atoms with Gasteiger partial charge in [-0.05, 0) is 38.1 Å². The van der Waals surface area contributed by atoms with Crippen LogP contribution in [-0.2, 0) is 9.53 Å². The second-order valence-electron chi connectivity index (χ2n) is 4.72. The largest absolute Gasteiger partial charge is 0.383 e. The Morgan fingerprint density at radius 1 is 1.39 bits per heavy atom. The summed E-state index contributed by atoms with van der Waals surface area (Å²) in [6.07, 6.45) is 0. The maximum absolute atomic E-state index is 12.4. The van der Waals surface area contributed by atoms with Gasteiger partial charge < -0.3 is 15.0 Å². The molecule has 18 heavy (non-hydrogen) atoms. The number of nitrogens with zero attached hydrogens (tertiary/aromatic N) is 1. The molecular formula is C14H20N2O2. The average molecular weight is 248 g/mol. The Kier molecular flexibility index (Phi) is 3.68. The number of likely N-dealkylation sites (N-methyl/N-ethyl adjacent to an activating group) is 1. The van der Waals surface area contributed by atoms with Crippen molar-refractivity contribution in [1.29, 1.82) is 0 Å². The Balaban J connectivity index is 2.46. The third kappa shape index (κ3) is 2.02. The molecule has 1 aromatic rings. The Morgan fingerprint density at radius 2 is 2.11 bits per heavy atom. The van der Waals surface area contributed by atoms with Crippen molar-refractivity contribution >= 4 is 11.6 Å². The number of aryl methyl sites for hydroxylation is 2. The van der Waals surface area contributed by atoms with E-state index >= 15 is 0 Å². The molecule has 0 saturated heterocycles. The average Bonchev–Trinajstić information content (AvgIpc) is 2.59. The number of anilines is 1. The van der Waals surface area contributed by atoms with Crippen LogP contribution in [0.2, 0.25) is 0 Å². The van der Waals surface area contributed by atoms with Gasteiger partial charge in [0.2, 0.25) is 5.91 Å². The molecule has 2 rings (SSSR count). The molecule has 4 nitrogen and oxygen atoms in total. The highest BCUT2D eigenvalue weighted by atomic mass is 16.5. The highest BCUT2D eigenvalue weighted by Gasteiger charge is 2.37. The summed E-state index contributed by atoms with van der Waals surface area (Å²) in [4.78, 5) is 14.2. The first kappa shape index (κ1) is 13.1. The highest BCUT2D eigenvalue weighted by Crippen LogP contribution is 2.38. The summed E-state index contributed by atoms with van der Waals surface area (Å²) in [6.45, 7) is 5.26. The fraction of sp³-hybridized carbons (Fsp3) is 0.500. The predicted octanol–water partition coefficient (Wildman–Crippen LogP) is 1.56. The van der Waals surface area contributed by atoms with Crippen LogP contribution in [0.25, 0.3) is 0 Å². The number of carbonyl (C=O) groups is 1. The van der Waals surface area contributed by atoms with E-state index in [-0.39, 0.29) is 11.9 Å². The van der Waals surface area contributed by atoms with Crippen LogP contribution in [-0.4, -0.2) is 33.2 Å². The van der Waals surface area contributed by atoms with E-state index in [0.717, 1.165) is 16.8 Å². The molecule has 0 aromatic heterocycles. The molecule has 1 atom stereocenters. The zero-order chi connectivity index (χ0) is 13.3. The maximum atomic E-state index is 12.4. The summed E-state index contributed by atoms with van der Waals surface area (Å²) in [5.74, 6) is 0.109. The smallest absolute Gasteiger partial charge is 0.248 e. The van der Waals surface area contributed by atoms with E-state index in [1.165, 1.54) is 5.56 Å². The van der Waals surface area contributed by atoms with Crippen molar-refractivity contribution in [2.45, 2.75) is 19.9 Å². The van der Waals surface area contributed by atoms with Gasteiger partial charge in [0, 0.05) is 24.9 Å². The number of nitrogens with one attached hydrogen (secondary N) is 1. The van der Waals surface area contributed by atoms with Gasteiger partial charge in [0.1, 0.15) is 6.04 Å². The molecule has 1 aliphatic rings. The number of amides is 1. The van der Waals surface area contributed by atoms with E-state index < -0.39 is 0 Å². The maximum Gasteiger partial charge on any atom is 0.248 e. The normalized spacial score (nSPS) is 18.3. The molecule has 0 bridgehead atoms. The summed E-state index contributed by atoms with van der Waals surface area (Å²) in [5, 5.41) is 3.10. The molecule has 0 saturated carbocycles. The quantitative estimate of drug-likeness (QED) is 0.879. The number of ether oxygens (including phenoxy) is 1. The van der Waals surface area contributed by atoms with E-state index in [9.17, 15) is 4.79 Å². The van der Waals surface area contributed by atoms with Crippen molar-refractivity contribution in [3.63, 3.8) is 0 Å². The first-order valence-electron chi connectivity index (χ1n) is 6.19. The van der Waals surface area contributed by atoms with E-state index in [2.05, 4.69) is 31.3 Å². The summed E-state index contributed by atoms with van der Waals surface area (Å²) in [5.41, 5.74) is 4.47. The molecule has 1 N–H and O–H groups in total. The van der Waals surface area contributed by atoms with Crippen LogP contribution in [0.5, 0.6) is 0 Å². The topological polar surface area (TPSA) is 41.6 Å². The molecule has 1 amide bonds. The van der Waals surface area contributed by atoms with Gasteiger partial charge in [-0.25, -0.2) is 0 Å². The van der Waals surface area contributed by atoms with Gasteiger partial charge in [-0.3, -0.25) is 4.79 Å². The Bertz CT molecular complexity index is 471. The van der Waals surface area contributed by atoms with Crippen LogP contribution in [0.3, 0.4) is 0 Å². The van der Waals surface area contributed by atoms with Gasteiger partial charge in [0.25, 0.3) is 0 Å². The van der Waals surface area contributed by atoms with E-state index in [1.807, 2.05) is 11.9 Å². The minimum absolute atomic E-state index is 0.109. The summed E-state index contributed by atoms with van der Waals surface area (Å²) < 4.78 is 5.08. The van der Waals surface area contributed by atoms with E-state index in [4.69, 9.17) is 4.74 Å². The number of benzene rings is 1. The second kappa shape index (κ2) is 5.08. The molecule has 1 aliphatic heterocycles. The Hall–Kier alpha value is -1.39. The van der Waals surface area contributed by atoms with Crippen LogP contribution in [0.1, 0.15) is 22.7 Å². The molecule has 0 spiro atoms. The summed E-state index contributed by atoms with van der Waals surface area (Å²) >= 11 is 0. The lowest BCUT2D eigenvalue weighted by Crippen LogP contribution is -2.35. The van der Waals surface area contributed by atoms with Gasteiger partial charge in [-0.2, -0.15) is 0 Å². The second-order valence-corrected chi connectivity index (χ2v) is 4.72. The molecule has 4 heteroatoms. The van der Waals surface area contributed by atoms with Crippen LogP contribution >= 0.6 is 0 Å². The molecule has 0 radical (unpaired) electrons. The molecule has 0 fully saturated rings. The minimum atomic E-state index is -0.225. The van der Waals surface area contributed by atoms with Crippen LogP contribution < -0.4 is 10.2 Å². The van der Waals surface area contributed by atoms with Crippen LogP contribution in [0.15, 0.2) is 12.1 Å². The molecule has 1 aromatic carbocycles. The lowest BCUT2D eigenvalue weighted by Gasteiger charge is -2.17. The molecule has 1 unspecified atom stereocenters. The number of fused-ring (bicyclic) bond motifs is 1. The SMILES string of the molecule is CNC1C(=O)N(CCOC)c2cc(C)cc(C)c21. The lowest BCUT2D eigenvalue weighted by molar-refractivity contribution is -0.120.